The Labute approximate surface area is 118 Å². The predicted molar refractivity (Wildman–Crippen MR) is 43.4 cm³/mol. The van der Waals surface area contributed by atoms with Crippen molar-refractivity contribution >= 4 is 18.6 Å². The van der Waals surface area contributed by atoms with Gasteiger partial charge in [-0.05, 0) is 4.57 Å². The van der Waals surface area contributed by atoms with Crippen molar-refractivity contribution in [2.24, 2.45) is 0 Å². The third-order valence-corrected chi connectivity index (χ3v) is 1.63. The first-order chi connectivity index (χ1) is 4.42. The molecular weight excluding hydrogens is 212 g/mol. The van der Waals surface area contributed by atoms with Crippen molar-refractivity contribution < 1.29 is 66.4 Å². The first-order valence-corrected chi connectivity index (χ1v) is 5.06. The first kappa shape index (κ1) is 15.4. The van der Waals surface area contributed by atoms with E-state index in [2.05, 4.69) is 4.52 Å². The maximum Gasteiger partial charge on any atom is 1.00 e. The van der Waals surface area contributed by atoms with Crippen molar-refractivity contribution in [3.63, 3.8) is 0 Å². The predicted octanol–water partition coefficient (Wildman–Crippen LogP) is -1.28. The molecule has 0 saturated carbocycles. The van der Waals surface area contributed by atoms with E-state index in [1.807, 2.05) is 21.1 Å². The van der Waals surface area contributed by atoms with Crippen LogP contribution in [0.2, 0.25) is 0 Å². The summed E-state index contributed by atoms with van der Waals surface area (Å²) in [7, 11) is 4.16. The zero-order valence-electron chi connectivity index (χ0n) is 8.50. The van der Waals surface area contributed by atoms with Crippen LogP contribution in [0.4, 0.5) is 0 Å². The molecule has 0 N–H and O–H groups in total. The summed E-state index contributed by atoms with van der Waals surface area (Å²) in [5.74, 6) is 0. The van der Waals surface area contributed by atoms with Crippen LogP contribution in [0.1, 0.15) is 1.43 Å². The van der Waals surface area contributed by atoms with Crippen molar-refractivity contribution in [1.82, 2.24) is 0 Å². The van der Waals surface area contributed by atoms with Crippen molar-refractivity contribution in [3.8, 4) is 0 Å². The molecule has 1 atom stereocenters. The van der Waals surface area contributed by atoms with Crippen LogP contribution in [0.15, 0.2) is 0 Å². The van der Waals surface area contributed by atoms with Gasteiger partial charge in [0.25, 0.3) is 0 Å². The van der Waals surface area contributed by atoms with Gasteiger partial charge in [-0.25, -0.2) is 0 Å². The fourth-order valence-electron chi connectivity index (χ4n) is 0.386. The average Bonchev–Trinajstić information content (AvgIpc) is 1.59. The van der Waals surface area contributed by atoms with E-state index < -0.39 is 7.38 Å². The van der Waals surface area contributed by atoms with Crippen LogP contribution in [0.5, 0.6) is 0 Å². The Bertz CT molecular complexity index is 133. The fraction of sp³-hybridized carbons (Fsp3) is 1.00. The summed E-state index contributed by atoms with van der Waals surface area (Å²) in [4.78, 5) is 0. The molecule has 11 heavy (non-hydrogen) atoms. The van der Waals surface area contributed by atoms with Crippen molar-refractivity contribution in [2.75, 3.05) is 34.3 Å². The van der Waals surface area contributed by atoms with E-state index in [4.69, 9.17) is 11.2 Å². The molecule has 6 heteroatoms. The summed E-state index contributed by atoms with van der Waals surface area (Å²) in [5, 5.41) is 0. The maximum absolute atomic E-state index is 10.2. The minimum absolute atomic E-state index is 0. The molecule has 0 amide bonds. The molecule has 0 heterocycles. The molecule has 0 aromatic heterocycles. The van der Waals surface area contributed by atoms with Crippen LogP contribution in [0.25, 0.3) is 0 Å². The van der Waals surface area contributed by atoms with E-state index in [9.17, 15) is 4.57 Å². The summed E-state index contributed by atoms with van der Waals surface area (Å²) < 4.78 is 15.7. The number of likely N-dealkylation sites (N-methyl/N-ethyl adjacent to an activating group) is 1. The molecule has 1 unspecified atom stereocenters. The van der Waals surface area contributed by atoms with Gasteiger partial charge < -0.3 is 5.91 Å². The Hall–Kier alpha value is 1.95. The number of hydrogen-bond acceptors (Lipinski definition) is 2. The molecule has 0 aliphatic rings. The van der Waals surface area contributed by atoms with E-state index in [-0.39, 0.29) is 52.8 Å². The molecular formula is C5H14ClKNO2P+2. The summed E-state index contributed by atoms with van der Waals surface area (Å²) >= 11 is 5.09. The molecule has 0 rings (SSSR count). The van der Waals surface area contributed by atoms with E-state index in [1.165, 1.54) is 0 Å². The van der Waals surface area contributed by atoms with Crippen LogP contribution in [0.3, 0.4) is 0 Å². The zero-order chi connectivity index (χ0) is 8.20. The molecule has 0 aromatic carbocycles. The summed E-state index contributed by atoms with van der Waals surface area (Å²) in [6.45, 7) is 1.26. The quantitative estimate of drug-likeness (QED) is 0.339. The van der Waals surface area contributed by atoms with Crippen molar-refractivity contribution in [1.29, 1.82) is 0 Å². The van der Waals surface area contributed by atoms with E-state index >= 15 is 0 Å². The van der Waals surface area contributed by atoms with Gasteiger partial charge in [0.05, 0.1) is 21.1 Å². The van der Waals surface area contributed by atoms with Gasteiger partial charge in [-0.3, -0.25) is 0 Å². The van der Waals surface area contributed by atoms with Crippen LogP contribution >= 0.6 is 18.6 Å². The van der Waals surface area contributed by atoms with E-state index in [0.29, 0.717) is 6.61 Å². The molecule has 3 nitrogen and oxygen atoms in total. The summed E-state index contributed by atoms with van der Waals surface area (Å²) in [6.07, 6.45) is 0. The smallest absolute Gasteiger partial charge is 1.00 e. The monoisotopic (exact) mass is 225 g/mol. The Kier molecular flexibility index (Phi) is 10.3. The SMILES string of the molecule is C[N+](C)(C)CCO[P+](=O)Cl.[H-].[K+]. The van der Waals surface area contributed by atoms with Crippen molar-refractivity contribution in [3.05, 3.63) is 0 Å². The van der Waals surface area contributed by atoms with Crippen LogP contribution < -0.4 is 51.4 Å². The second kappa shape index (κ2) is 7.36. The number of quaternary nitrogens is 1. The topological polar surface area (TPSA) is 26.3 Å². The molecule has 0 saturated heterocycles. The Morgan fingerprint density at radius 3 is 2.27 bits per heavy atom. The second-order valence-corrected chi connectivity index (χ2v) is 4.57. The first-order valence-electron chi connectivity index (χ1n) is 2.98. The number of halogens is 1. The minimum atomic E-state index is -1.94. The van der Waals surface area contributed by atoms with Crippen LogP contribution in [-0.4, -0.2) is 38.8 Å². The molecule has 0 fully saturated rings. The average molecular weight is 226 g/mol. The van der Waals surface area contributed by atoms with Gasteiger partial charge in [-0.2, -0.15) is 0 Å². The Balaban J connectivity index is -0.000000405. The Morgan fingerprint density at radius 2 is 2.00 bits per heavy atom. The van der Waals surface area contributed by atoms with Gasteiger partial charge in [0, 0.05) is 0 Å². The maximum atomic E-state index is 10.2. The van der Waals surface area contributed by atoms with Gasteiger partial charge in [-0.1, -0.05) is 0 Å². The molecule has 0 spiro atoms. The molecule has 0 bridgehead atoms. The fourth-order valence-corrected chi connectivity index (χ4v) is 0.819. The standard InChI is InChI=1S/C5H13ClNO2P.K.H/c1-7(2,3)4-5-9-10(6)8;;/h4-5H2,1-3H3;;/q+2;+1;-1. The molecule has 0 aliphatic carbocycles. The van der Waals surface area contributed by atoms with Crippen LogP contribution in [-0.2, 0) is 9.09 Å². The third kappa shape index (κ3) is 14.8. The van der Waals surface area contributed by atoms with Gasteiger partial charge in [-0.15, -0.1) is 4.52 Å². The van der Waals surface area contributed by atoms with Gasteiger partial charge in [0.1, 0.15) is 6.54 Å². The van der Waals surface area contributed by atoms with Gasteiger partial charge in [0.2, 0.25) is 11.2 Å². The van der Waals surface area contributed by atoms with Gasteiger partial charge in [0.15, 0.2) is 6.61 Å². The van der Waals surface area contributed by atoms with Gasteiger partial charge >= 0.3 is 58.8 Å². The van der Waals surface area contributed by atoms with E-state index in [1.54, 1.807) is 0 Å². The molecule has 0 aromatic rings. The molecule has 62 valence electrons. The molecule has 0 aliphatic heterocycles. The normalized spacial score (nSPS) is 12.2. The Morgan fingerprint density at radius 1 is 1.55 bits per heavy atom. The van der Waals surface area contributed by atoms with E-state index in [0.717, 1.165) is 11.0 Å². The molecule has 0 radical (unpaired) electrons. The largest absolute Gasteiger partial charge is 1.00 e. The number of nitrogens with zero attached hydrogens (tertiary/aromatic N) is 1. The second-order valence-electron chi connectivity index (χ2n) is 3.06. The number of hydrogen-bond donors (Lipinski definition) is 0. The number of rotatable bonds is 4. The third-order valence-electron chi connectivity index (χ3n) is 0.955. The summed E-state index contributed by atoms with van der Waals surface area (Å²) in [6, 6.07) is 0. The van der Waals surface area contributed by atoms with Crippen molar-refractivity contribution in [2.45, 2.75) is 0 Å². The minimum Gasteiger partial charge on any atom is -1.00 e. The zero-order valence-corrected chi connectivity index (χ0v) is 12.3. The van der Waals surface area contributed by atoms with Crippen LogP contribution in [0, 0.1) is 0 Å². The summed E-state index contributed by atoms with van der Waals surface area (Å²) in [5.41, 5.74) is 0.